The van der Waals surface area contributed by atoms with Crippen molar-refractivity contribution in [3.63, 3.8) is 0 Å². The number of carbonyl (C=O) groups is 1. The Bertz CT molecular complexity index is 1070. The van der Waals surface area contributed by atoms with Crippen molar-refractivity contribution in [1.82, 2.24) is 9.80 Å². The number of aliphatic carboxylic acids is 1. The van der Waals surface area contributed by atoms with Crippen molar-refractivity contribution in [1.29, 1.82) is 5.26 Å². The number of hydrogen-bond donors (Lipinski definition) is 1. The molecule has 0 unspecified atom stereocenters. The Hall–Kier alpha value is -2.68. The first-order chi connectivity index (χ1) is 18.6. The van der Waals surface area contributed by atoms with Crippen LogP contribution in [0.3, 0.4) is 0 Å². The highest BCUT2D eigenvalue weighted by Gasteiger charge is 2.41. The van der Waals surface area contributed by atoms with Crippen molar-refractivity contribution < 1.29 is 9.90 Å². The van der Waals surface area contributed by atoms with Crippen molar-refractivity contribution in [3.8, 4) is 6.07 Å². The lowest BCUT2D eigenvalue weighted by molar-refractivity contribution is -0.144. The predicted molar refractivity (Wildman–Crippen MR) is 151 cm³/mol. The van der Waals surface area contributed by atoms with E-state index in [0.29, 0.717) is 17.8 Å². The van der Waals surface area contributed by atoms with Gasteiger partial charge in [0.15, 0.2) is 0 Å². The normalized spacial score (nSPS) is 24.1. The number of likely N-dealkylation sites (tertiary alicyclic amines) is 2. The Morgan fingerprint density at radius 2 is 1.71 bits per heavy atom. The van der Waals surface area contributed by atoms with Gasteiger partial charge in [-0.3, -0.25) is 9.69 Å². The maximum absolute atomic E-state index is 12.3. The van der Waals surface area contributed by atoms with E-state index < -0.39 is 5.97 Å². The summed E-state index contributed by atoms with van der Waals surface area (Å²) in [5.41, 5.74) is 3.43. The number of nitrogens with zero attached hydrogens (tertiary/aromatic N) is 3. The van der Waals surface area contributed by atoms with Crippen LogP contribution in [0.25, 0.3) is 0 Å². The Balaban J connectivity index is 1.13. The van der Waals surface area contributed by atoms with Crippen molar-refractivity contribution in [3.05, 3.63) is 71.3 Å². The maximum atomic E-state index is 12.3. The maximum Gasteiger partial charge on any atom is 0.320 e. The lowest BCUT2D eigenvalue weighted by Gasteiger charge is -2.35. The van der Waals surface area contributed by atoms with E-state index in [0.717, 1.165) is 57.0 Å². The molecule has 3 aliphatic rings. The lowest BCUT2D eigenvalue weighted by Crippen LogP contribution is -2.43. The van der Waals surface area contributed by atoms with Gasteiger partial charge in [-0.05, 0) is 86.2 Å². The second-order valence-electron chi connectivity index (χ2n) is 12.1. The van der Waals surface area contributed by atoms with Crippen LogP contribution < -0.4 is 0 Å². The van der Waals surface area contributed by atoms with Crippen LogP contribution in [0, 0.1) is 29.1 Å². The highest BCUT2D eigenvalue weighted by atomic mass is 16.4. The van der Waals surface area contributed by atoms with E-state index in [-0.39, 0.29) is 6.04 Å². The molecule has 3 fully saturated rings. The van der Waals surface area contributed by atoms with Crippen LogP contribution in [0.1, 0.15) is 74.0 Å². The minimum Gasteiger partial charge on any atom is -0.480 e. The van der Waals surface area contributed by atoms with Crippen LogP contribution in [-0.4, -0.2) is 59.6 Å². The van der Waals surface area contributed by atoms with Gasteiger partial charge in [0.05, 0.1) is 11.6 Å². The van der Waals surface area contributed by atoms with E-state index in [1.54, 1.807) is 0 Å². The third kappa shape index (κ3) is 6.84. The van der Waals surface area contributed by atoms with Gasteiger partial charge in [0, 0.05) is 25.6 Å². The second kappa shape index (κ2) is 12.9. The smallest absolute Gasteiger partial charge is 0.320 e. The minimum absolute atomic E-state index is 0.335. The molecule has 0 radical (unpaired) electrons. The van der Waals surface area contributed by atoms with Crippen LogP contribution >= 0.6 is 0 Å². The van der Waals surface area contributed by atoms with Gasteiger partial charge in [-0.25, -0.2) is 0 Å². The first kappa shape index (κ1) is 26.9. The third-order valence-corrected chi connectivity index (χ3v) is 9.56. The quantitative estimate of drug-likeness (QED) is 0.402. The van der Waals surface area contributed by atoms with Crippen molar-refractivity contribution in [2.45, 2.75) is 69.7 Å². The number of carboxylic acid groups (broad SMARTS) is 1. The van der Waals surface area contributed by atoms with E-state index in [1.807, 2.05) is 12.1 Å². The molecule has 2 aromatic rings. The fraction of sp³-hybridized carbons (Fsp3) is 0.576. The van der Waals surface area contributed by atoms with E-state index >= 15 is 0 Å². The Morgan fingerprint density at radius 3 is 2.34 bits per heavy atom. The molecule has 2 aliphatic heterocycles. The van der Waals surface area contributed by atoms with Gasteiger partial charge >= 0.3 is 5.97 Å². The number of nitriles is 1. The molecule has 5 heteroatoms. The van der Waals surface area contributed by atoms with Crippen molar-refractivity contribution in [2.24, 2.45) is 17.8 Å². The molecule has 0 aromatic heterocycles. The molecular weight excluding hydrogens is 470 g/mol. The summed E-state index contributed by atoms with van der Waals surface area (Å²) >= 11 is 0. The van der Waals surface area contributed by atoms with Gasteiger partial charge in [0.2, 0.25) is 0 Å². The lowest BCUT2D eigenvalue weighted by atomic mass is 9.80. The molecule has 2 aromatic carbocycles. The molecule has 5 rings (SSSR count). The number of benzene rings is 2. The minimum atomic E-state index is -0.633. The average Bonchev–Trinajstić information content (AvgIpc) is 3.33. The zero-order valence-electron chi connectivity index (χ0n) is 22.7. The molecule has 0 spiro atoms. The summed E-state index contributed by atoms with van der Waals surface area (Å²) in [7, 11) is 0. The topological polar surface area (TPSA) is 67.6 Å². The molecule has 38 heavy (non-hydrogen) atoms. The Kier molecular flexibility index (Phi) is 9.14. The Morgan fingerprint density at radius 1 is 0.974 bits per heavy atom. The van der Waals surface area contributed by atoms with Crippen LogP contribution in [0.4, 0.5) is 0 Å². The summed E-state index contributed by atoms with van der Waals surface area (Å²) in [6, 6.07) is 20.7. The molecule has 1 saturated carbocycles. The van der Waals surface area contributed by atoms with Gasteiger partial charge in [0.1, 0.15) is 6.04 Å². The third-order valence-electron chi connectivity index (χ3n) is 9.56. The molecule has 0 bridgehead atoms. The van der Waals surface area contributed by atoms with Gasteiger partial charge < -0.3 is 10.0 Å². The van der Waals surface area contributed by atoms with Crippen molar-refractivity contribution in [2.75, 3.05) is 32.7 Å². The number of carboxylic acids is 1. The molecule has 1 N–H and O–H groups in total. The first-order valence-corrected chi connectivity index (χ1v) is 14.8. The first-order valence-electron chi connectivity index (χ1n) is 14.8. The standard InChI is InChI=1S/C33H43N3O2/c34-21-28-14-12-25(13-15-28)6-4-7-26-16-18-35(19-17-26)22-30-23-36(24-31(30)29-10-2-1-3-11-29)32(33(37)38)20-27-8-5-9-27/h1-3,10-15,26-27,30-32H,4-9,16-20,22-24H2,(H,37,38)/t30-,31+,32-/m0/s1. The van der Waals surface area contributed by atoms with E-state index in [4.69, 9.17) is 5.26 Å². The molecule has 5 nitrogen and oxygen atoms in total. The highest BCUT2D eigenvalue weighted by Crippen LogP contribution is 2.38. The summed E-state index contributed by atoms with van der Waals surface area (Å²) in [6.07, 6.45) is 10.6. The fourth-order valence-corrected chi connectivity index (χ4v) is 7.00. The number of piperidine rings is 1. The van der Waals surface area contributed by atoms with Crippen LogP contribution in [0.5, 0.6) is 0 Å². The summed E-state index contributed by atoms with van der Waals surface area (Å²) in [5, 5.41) is 19.1. The zero-order chi connectivity index (χ0) is 26.3. The second-order valence-corrected chi connectivity index (χ2v) is 12.1. The summed E-state index contributed by atoms with van der Waals surface area (Å²) in [6.45, 7) is 5.15. The van der Waals surface area contributed by atoms with Crippen LogP contribution in [0.15, 0.2) is 54.6 Å². The summed E-state index contributed by atoms with van der Waals surface area (Å²) in [5.74, 6) is 1.65. The Labute approximate surface area is 228 Å². The molecular formula is C33H43N3O2. The number of aryl methyl sites for hydroxylation is 1. The van der Waals surface area contributed by atoms with E-state index in [2.05, 4.69) is 58.3 Å². The van der Waals surface area contributed by atoms with Crippen LogP contribution in [0.2, 0.25) is 0 Å². The molecule has 0 amide bonds. The largest absolute Gasteiger partial charge is 0.480 e. The van der Waals surface area contributed by atoms with E-state index in [1.165, 1.54) is 56.1 Å². The zero-order valence-corrected chi connectivity index (χ0v) is 22.7. The van der Waals surface area contributed by atoms with E-state index in [9.17, 15) is 9.90 Å². The summed E-state index contributed by atoms with van der Waals surface area (Å²) < 4.78 is 0. The SMILES string of the molecule is N#Cc1ccc(CCCC2CCN(C[C@H]3CN([C@@H](CC4CCC4)C(=O)O)C[C@@H]3c3ccccc3)CC2)cc1. The number of rotatable bonds is 11. The van der Waals surface area contributed by atoms with Crippen molar-refractivity contribution >= 4 is 5.97 Å². The van der Waals surface area contributed by atoms with Gasteiger partial charge in [0.25, 0.3) is 0 Å². The van der Waals surface area contributed by atoms with Gasteiger partial charge in [-0.1, -0.05) is 68.1 Å². The molecule has 202 valence electrons. The molecule has 2 saturated heterocycles. The van der Waals surface area contributed by atoms with Gasteiger partial charge in [-0.15, -0.1) is 0 Å². The summed E-state index contributed by atoms with van der Waals surface area (Å²) in [4.78, 5) is 17.2. The van der Waals surface area contributed by atoms with Gasteiger partial charge in [-0.2, -0.15) is 5.26 Å². The molecule has 3 atom stereocenters. The number of hydrogen-bond acceptors (Lipinski definition) is 4. The molecule has 2 heterocycles. The fourth-order valence-electron chi connectivity index (χ4n) is 7.00. The predicted octanol–water partition coefficient (Wildman–Crippen LogP) is 5.95. The average molecular weight is 514 g/mol. The highest BCUT2D eigenvalue weighted by molar-refractivity contribution is 5.73. The van der Waals surface area contributed by atoms with Crippen LogP contribution in [-0.2, 0) is 11.2 Å². The molecule has 1 aliphatic carbocycles. The monoisotopic (exact) mass is 513 g/mol.